The molecule has 0 spiro atoms. The number of nitrogens with one attached hydrogen (secondary N) is 1. The molecule has 9 atom stereocenters. The van der Waals surface area contributed by atoms with Crippen LogP contribution in [0.2, 0.25) is 0 Å². The van der Waals surface area contributed by atoms with Crippen molar-refractivity contribution in [3.63, 3.8) is 0 Å². The van der Waals surface area contributed by atoms with Crippen molar-refractivity contribution in [1.82, 2.24) is 5.32 Å². The van der Waals surface area contributed by atoms with Crippen LogP contribution in [0.1, 0.15) is 239 Å². The van der Waals surface area contributed by atoms with E-state index in [1.54, 1.807) is 0 Å². The van der Waals surface area contributed by atoms with E-state index < -0.39 is 74.2 Å². The molecule has 0 aromatic heterocycles. The molecule has 8 N–H and O–H groups in total. The van der Waals surface area contributed by atoms with E-state index in [0.29, 0.717) is 12.8 Å². The standard InChI is InChI=1S/C55H103NO10/c1-3-5-7-9-11-13-15-17-19-20-21-22-23-24-25-26-27-28-29-31-32-34-36-38-40-42-47(58)50(60)46(45-65-55-53(63)52(62)51(61)49(44-57)66-55)56-54(64)48(59)43-41-39-37-35-33-30-18-16-14-12-10-8-6-4-2/h12,14,16,18,34,36,46-53,55,57-63H,3-11,13,15,17,19-33,35,37-45H2,1-2H3,(H,56,64)/b14-12-,18-16-,36-34+. The van der Waals surface area contributed by atoms with Crippen LogP contribution in [0.3, 0.4) is 0 Å². The van der Waals surface area contributed by atoms with Crippen LogP contribution < -0.4 is 5.32 Å². The zero-order valence-electron chi connectivity index (χ0n) is 42.2. The van der Waals surface area contributed by atoms with Gasteiger partial charge in [-0.1, -0.05) is 211 Å². The molecule has 1 saturated heterocycles. The number of hydrogen-bond acceptors (Lipinski definition) is 10. The minimum absolute atomic E-state index is 0.236. The number of aliphatic hydroxyl groups excluding tert-OH is 7. The molecule has 0 saturated carbocycles. The van der Waals surface area contributed by atoms with Gasteiger partial charge in [0.25, 0.3) is 0 Å². The number of hydrogen-bond donors (Lipinski definition) is 8. The molecular weight excluding hydrogens is 835 g/mol. The number of ether oxygens (including phenoxy) is 2. The van der Waals surface area contributed by atoms with Crippen molar-refractivity contribution in [3.8, 4) is 0 Å². The maximum atomic E-state index is 13.1. The van der Waals surface area contributed by atoms with Crippen LogP contribution in [0.5, 0.6) is 0 Å². The molecule has 388 valence electrons. The molecule has 1 fully saturated rings. The van der Waals surface area contributed by atoms with Crippen LogP contribution in [0, 0.1) is 0 Å². The number of allylic oxidation sites excluding steroid dienone is 6. The first-order valence-corrected chi connectivity index (χ1v) is 27.4. The number of amides is 1. The van der Waals surface area contributed by atoms with Gasteiger partial charge in [-0.3, -0.25) is 4.79 Å². The summed E-state index contributed by atoms with van der Waals surface area (Å²) in [6.07, 6.45) is 42.1. The molecule has 0 radical (unpaired) electrons. The molecule has 1 aliphatic heterocycles. The average molecular weight is 938 g/mol. The van der Waals surface area contributed by atoms with Gasteiger partial charge in [0.2, 0.25) is 5.91 Å². The van der Waals surface area contributed by atoms with E-state index in [0.717, 1.165) is 57.8 Å². The van der Waals surface area contributed by atoms with Gasteiger partial charge >= 0.3 is 0 Å². The Morgan fingerprint density at radius 3 is 1.42 bits per heavy atom. The highest BCUT2D eigenvalue weighted by atomic mass is 16.7. The fourth-order valence-corrected chi connectivity index (χ4v) is 8.67. The minimum atomic E-state index is -1.67. The van der Waals surface area contributed by atoms with Crippen LogP contribution in [0.4, 0.5) is 0 Å². The van der Waals surface area contributed by atoms with Crippen molar-refractivity contribution in [2.24, 2.45) is 0 Å². The molecule has 1 heterocycles. The zero-order valence-corrected chi connectivity index (χ0v) is 42.2. The van der Waals surface area contributed by atoms with Crippen LogP contribution in [-0.2, 0) is 14.3 Å². The molecule has 66 heavy (non-hydrogen) atoms. The Bertz CT molecular complexity index is 1170. The Balaban J connectivity index is 2.34. The predicted octanol–water partition coefficient (Wildman–Crippen LogP) is 10.7. The molecular formula is C55H103NO10. The molecule has 1 aliphatic rings. The third-order valence-electron chi connectivity index (χ3n) is 13.2. The summed E-state index contributed by atoms with van der Waals surface area (Å²) in [4.78, 5) is 13.1. The lowest BCUT2D eigenvalue weighted by molar-refractivity contribution is -0.303. The van der Waals surface area contributed by atoms with Gasteiger partial charge in [0.05, 0.1) is 25.4 Å². The molecule has 1 amide bonds. The molecule has 11 nitrogen and oxygen atoms in total. The summed E-state index contributed by atoms with van der Waals surface area (Å²) in [6, 6.07) is -1.19. The van der Waals surface area contributed by atoms with Crippen molar-refractivity contribution in [1.29, 1.82) is 0 Å². The van der Waals surface area contributed by atoms with Crippen LogP contribution >= 0.6 is 0 Å². The molecule has 0 aromatic rings. The summed E-state index contributed by atoms with van der Waals surface area (Å²) < 4.78 is 11.1. The Labute approximate surface area is 403 Å². The van der Waals surface area contributed by atoms with Gasteiger partial charge in [-0.15, -0.1) is 0 Å². The smallest absolute Gasteiger partial charge is 0.249 e. The number of aliphatic hydroxyl groups is 7. The minimum Gasteiger partial charge on any atom is -0.394 e. The van der Waals surface area contributed by atoms with Gasteiger partial charge in [-0.05, 0) is 64.2 Å². The number of unbranched alkanes of at least 4 members (excludes halogenated alkanes) is 29. The van der Waals surface area contributed by atoms with Gasteiger partial charge in [-0.25, -0.2) is 0 Å². The predicted molar refractivity (Wildman–Crippen MR) is 270 cm³/mol. The second kappa shape index (κ2) is 44.5. The molecule has 9 unspecified atom stereocenters. The number of carbonyl (C=O) groups is 1. The summed E-state index contributed by atoms with van der Waals surface area (Å²) in [5, 5.41) is 75.9. The largest absolute Gasteiger partial charge is 0.394 e. The second-order valence-corrected chi connectivity index (χ2v) is 19.3. The quantitative estimate of drug-likeness (QED) is 0.0166. The molecule has 11 heteroatoms. The lowest BCUT2D eigenvalue weighted by Crippen LogP contribution is -2.60. The lowest BCUT2D eigenvalue weighted by Gasteiger charge is -2.40. The zero-order chi connectivity index (χ0) is 48.3. The molecule has 0 bridgehead atoms. The van der Waals surface area contributed by atoms with Crippen LogP contribution in [0.25, 0.3) is 0 Å². The summed E-state index contributed by atoms with van der Waals surface area (Å²) in [7, 11) is 0. The van der Waals surface area contributed by atoms with Crippen molar-refractivity contribution in [2.45, 2.75) is 294 Å². The van der Waals surface area contributed by atoms with Crippen molar-refractivity contribution < 1.29 is 50.0 Å². The highest BCUT2D eigenvalue weighted by Gasteiger charge is 2.44. The van der Waals surface area contributed by atoms with Crippen LogP contribution in [-0.4, -0.2) is 110 Å². The number of rotatable bonds is 46. The van der Waals surface area contributed by atoms with E-state index in [-0.39, 0.29) is 12.8 Å². The summed E-state index contributed by atoms with van der Waals surface area (Å²) in [6.45, 7) is 3.41. The molecule has 0 aromatic carbocycles. The van der Waals surface area contributed by atoms with Gasteiger partial charge in [0.15, 0.2) is 6.29 Å². The van der Waals surface area contributed by atoms with Crippen LogP contribution in [0.15, 0.2) is 36.5 Å². The first kappa shape index (κ1) is 62.3. The first-order chi connectivity index (χ1) is 32.2. The fourth-order valence-electron chi connectivity index (χ4n) is 8.67. The summed E-state index contributed by atoms with van der Waals surface area (Å²) in [5.41, 5.74) is 0. The molecule has 0 aliphatic carbocycles. The van der Waals surface area contributed by atoms with Gasteiger partial charge < -0.3 is 50.5 Å². The number of carbonyl (C=O) groups excluding carboxylic acids is 1. The topological polar surface area (TPSA) is 189 Å². The second-order valence-electron chi connectivity index (χ2n) is 19.3. The van der Waals surface area contributed by atoms with E-state index in [1.165, 1.54) is 141 Å². The summed E-state index contributed by atoms with van der Waals surface area (Å²) in [5.74, 6) is -0.718. The van der Waals surface area contributed by atoms with E-state index in [2.05, 4.69) is 55.6 Å². The van der Waals surface area contributed by atoms with E-state index in [4.69, 9.17) is 9.47 Å². The Hall–Kier alpha value is -1.67. The Morgan fingerprint density at radius 1 is 0.530 bits per heavy atom. The Kier molecular flexibility index (Phi) is 42.1. The van der Waals surface area contributed by atoms with Crippen molar-refractivity contribution in [3.05, 3.63) is 36.5 Å². The Morgan fingerprint density at radius 2 is 0.939 bits per heavy atom. The average Bonchev–Trinajstić information content (AvgIpc) is 3.32. The van der Waals surface area contributed by atoms with Gasteiger partial charge in [0, 0.05) is 0 Å². The maximum Gasteiger partial charge on any atom is 0.249 e. The fraction of sp³-hybridized carbons (Fsp3) is 0.873. The third-order valence-corrected chi connectivity index (χ3v) is 13.2. The monoisotopic (exact) mass is 938 g/mol. The normalized spacial score (nSPS) is 21.0. The van der Waals surface area contributed by atoms with Gasteiger partial charge in [0.1, 0.15) is 36.6 Å². The van der Waals surface area contributed by atoms with E-state index in [1.807, 2.05) is 0 Å². The van der Waals surface area contributed by atoms with E-state index >= 15 is 0 Å². The van der Waals surface area contributed by atoms with Gasteiger partial charge in [-0.2, -0.15) is 0 Å². The van der Waals surface area contributed by atoms with Crippen molar-refractivity contribution >= 4 is 5.91 Å². The third kappa shape index (κ3) is 33.0. The molecule has 1 rings (SSSR count). The van der Waals surface area contributed by atoms with Crippen molar-refractivity contribution in [2.75, 3.05) is 13.2 Å². The van der Waals surface area contributed by atoms with E-state index in [9.17, 15) is 40.5 Å². The highest BCUT2D eigenvalue weighted by Crippen LogP contribution is 2.23. The lowest BCUT2D eigenvalue weighted by atomic mass is 9.98. The first-order valence-electron chi connectivity index (χ1n) is 27.4. The summed E-state index contributed by atoms with van der Waals surface area (Å²) >= 11 is 0. The highest BCUT2D eigenvalue weighted by molar-refractivity contribution is 5.80. The SMILES string of the molecule is CCCCC/C=C\C=C/CCCCCCCC(O)C(=O)NC(COC1OC(CO)C(O)C(O)C1O)C(O)C(O)CCC/C=C/CCCCCCCCCCCCCCCCCCCCCC. The maximum absolute atomic E-state index is 13.1.